The van der Waals surface area contributed by atoms with E-state index in [-0.39, 0.29) is 111 Å². The molecule has 1 aliphatic rings. The minimum Gasteiger partial charge on any atom is -0.379 e. The van der Waals surface area contributed by atoms with Crippen LogP contribution in [0.15, 0.2) is 24.3 Å². The molecule has 1 fully saturated rings. The van der Waals surface area contributed by atoms with Gasteiger partial charge in [0.05, 0.1) is 44.9 Å². The second-order valence-corrected chi connectivity index (χ2v) is 16.0. The van der Waals surface area contributed by atoms with Crippen LogP contribution in [0, 0.1) is 28.6 Å². The molecule has 1 aliphatic heterocycles. The topological polar surface area (TPSA) is 186 Å². The Balaban J connectivity index is 1.83. The van der Waals surface area contributed by atoms with Gasteiger partial charge in [0.25, 0.3) is 0 Å². The average Bonchev–Trinajstić information content (AvgIpc) is 3.31. The van der Waals surface area contributed by atoms with E-state index in [2.05, 4.69) is 36.7 Å². The van der Waals surface area contributed by atoms with Crippen LogP contribution in [0.5, 0.6) is 0 Å². The van der Waals surface area contributed by atoms with Gasteiger partial charge in [0.1, 0.15) is 0 Å². The van der Waals surface area contributed by atoms with Gasteiger partial charge in [0.15, 0.2) is 5.78 Å². The SMILES string of the molecule is CC(C)[C@H](NC(=O)CCOCCOCCN1C(=O)CC(C(C)(C)C)C1=O)C(=O)C[C@@H](CCCNC(N)=O)C(=O)Nc1ccc(CC(C)(C)C)cc1. The maximum atomic E-state index is 13.5. The summed E-state index contributed by atoms with van der Waals surface area (Å²) in [6, 6.07) is 6.18. The largest absolute Gasteiger partial charge is 0.379 e. The zero-order valence-corrected chi connectivity index (χ0v) is 31.9. The van der Waals surface area contributed by atoms with Crippen LogP contribution in [0.25, 0.3) is 0 Å². The molecule has 1 aromatic carbocycles. The molecule has 0 spiro atoms. The lowest BCUT2D eigenvalue weighted by Gasteiger charge is -2.24. The number of urea groups is 1. The van der Waals surface area contributed by atoms with E-state index < -0.39 is 18.0 Å². The highest BCUT2D eigenvalue weighted by Crippen LogP contribution is 2.35. The Morgan fingerprint density at radius 1 is 0.941 bits per heavy atom. The number of rotatable bonds is 21. The lowest BCUT2D eigenvalue weighted by Crippen LogP contribution is -2.45. The molecule has 2 rings (SSSR count). The lowest BCUT2D eigenvalue weighted by atomic mass is 9.80. The molecule has 1 aromatic rings. The highest BCUT2D eigenvalue weighted by molar-refractivity contribution is 6.04. The first-order chi connectivity index (χ1) is 23.8. The van der Waals surface area contributed by atoms with E-state index in [0.717, 1.165) is 12.0 Å². The average molecular weight is 716 g/mol. The Hall–Kier alpha value is -3.84. The highest BCUT2D eigenvalue weighted by Gasteiger charge is 2.44. The van der Waals surface area contributed by atoms with Crippen molar-refractivity contribution < 1.29 is 38.2 Å². The fourth-order valence-corrected chi connectivity index (χ4v) is 5.92. The smallest absolute Gasteiger partial charge is 0.312 e. The fourth-order valence-electron chi connectivity index (χ4n) is 5.92. The third-order valence-corrected chi connectivity index (χ3v) is 8.73. The number of carbonyl (C=O) groups is 6. The number of hydrogen-bond donors (Lipinski definition) is 4. The van der Waals surface area contributed by atoms with Crippen LogP contribution < -0.4 is 21.7 Å². The van der Waals surface area contributed by atoms with Crippen molar-refractivity contribution in [2.75, 3.05) is 44.8 Å². The van der Waals surface area contributed by atoms with E-state index in [1.54, 1.807) is 0 Å². The van der Waals surface area contributed by atoms with Crippen LogP contribution in [0.3, 0.4) is 0 Å². The summed E-state index contributed by atoms with van der Waals surface area (Å²) in [6.07, 6.45) is 1.80. The molecule has 1 saturated heterocycles. The summed E-state index contributed by atoms with van der Waals surface area (Å²) in [5.74, 6) is -2.52. The lowest BCUT2D eigenvalue weighted by molar-refractivity contribution is -0.141. The van der Waals surface area contributed by atoms with Gasteiger partial charge < -0.3 is 31.2 Å². The normalized spacial score (nSPS) is 16.3. The molecule has 1 unspecified atom stereocenters. The van der Waals surface area contributed by atoms with Crippen LogP contribution in [-0.2, 0) is 39.9 Å². The van der Waals surface area contributed by atoms with E-state index >= 15 is 0 Å². The number of nitrogens with one attached hydrogen (secondary N) is 3. The molecule has 0 radical (unpaired) electrons. The van der Waals surface area contributed by atoms with Gasteiger partial charge in [-0.1, -0.05) is 67.5 Å². The highest BCUT2D eigenvalue weighted by atomic mass is 16.5. The van der Waals surface area contributed by atoms with E-state index in [0.29, 0.717) is 18.5 Å². The van der Waals surface area contributed by atoms with Crippen LogP contribution in [0.1, 0.15) is 93.1 Å². The van der Waals surface area contributed by atoms with Crippen molar-refractivity contribution in [3.63, 3.8) is 0 Å². The zero-order valence-electron chi connectivity index (χ0n) is 31.9. The summed E-state index contributed by atoms with van der Waals surface area (Å²) in [7, 11) is 0. The number of ketones is 1. The van der Waals surface area contributed by atoms with Gasteiger partial charge in [-0.25, -0.2) is 4.79 Å². The third kappa shape index (κ3) is 15.9. The van der Waals surface area contributed by atoms with Crippen molar-refractivity contribution in [1.82, 2.24) is 15.5 Å². The molecule has 6 amide bonds. The van der Waals surface area contributed by atoms with Gasteiger partial charge in [0.2, 0.25) is 23.6 Å². The van der Waals surface area contributed by atoms with E-state index in [4.69, 9.17) is 15.2 Å². The molecule has 286 valence electrons. The summed E-state index contributed by atoms with van der Waals surface area (Å²) >= 11 is 0. The number of amides is 6. The first-order valence-electron chi connectivity index (χ1n) is 18.0. The third-order valence-electron chi connectivity index (χ3n) is 8.73. The first kappa shape index (κ1) is 43.3. The summed E-state index contributed by atoms with van der Waals surface area (Å²) in [4.78, 5) is 76.9. The van der Waals surface area contributed by atoms with Crippen LogP contribution >= 0.6 is 0 Å². The molecule has 13 nitrogen and oxygen atoms in total. The van der Waals surface area contributed by atoms with E-state index in [1.807, 2.05) is 58.9 Å². The molecule has 5 N–H and O–H groups in total. The number of imide groups is 1. The number of nitrogens with two attached hydrogens (primary N) is 1. The Labute approximate surface area is 303 Å². The second-order valence-electron chi connectivity index (χ2n) is 16.0. The number of Topliss-reactive ketones (excluding diaryl/α,β-unsaturated/α-hetero) is 1. The molecular formula is C38H61N5O8. The Morgan fingerprint density at radius 3 is 2.12 bits per heavy atom. The Kier molecular flexibility index (Phi) is 17.2. The maximum Gasteiger partial charge on any atom is 0.312 e. The number of hydrogen-bond acceptors (Lipinski definition) is 8. The van der Waals surface area contributed by atoms with Crippen molar-refractivity contribution in [1.29, 1.82) is 0 Å². The molecule has 3 atom stereocenters. The molecule has 1 heterocycles. The maximum absolute atomic E-state index is 13.5. The van der Waals surface area contributed by atoms with Crippen molar-refractivity contribution in [2.45, 2.75) is 100.0 Å². The fraction of sp³-hybridized carbons (Fsp3) is 0.684. The van der Waals surface area contributed by atoms with Crippen molar-refractivity contribution in [3.05, 3.63) is 29.8 Å². The number of benzene rings is 1. The first-order valence-corrected chi connectivity index (χ1v) is 18.0. The molecule has 0 aromatic heterocycles. The van der Waals surface area contributed by atoms with Crippen molar-refractivity contribution in [3.8, 4) is 0 Å². The van der Waals surface area contributed by atoms with E-state index in [1.165, 1.54) is 4.90 Å². The minimum absolute atomic E-state index is 0.0232. The minimum atomic E-state index is -0.801. The summed E-state index contributed by atoms with van der Waals surface area (Å²) < 4.78 is 11.1. The van der Waals surface area contributed by atoms with Gasteiger partial charge in [-0.3, -0.25) is 28.9 Å². The Bertz CT molecular complexity index is 1330. The van der Waals surface area contributed by atoms with Crippen molar-refractivity contribution in [2.24, 2.45) is 34.3 Å². The Morgan fingerprint density at radius 2 is 1.57 bits per heavy atom. The zero-order chi connectivity index (χ0) is 38.4. The summed E-state index contributed by atoms with van der Waals surface area (Å²) in [6.45, 7) is 17.2. The molecular weight excluding hydrogens is 654 g/mol. The summed E-state index contributed by atoms with van der Waals surface area (Å²) in [5.41, 5.74) is 6.79. The number of primary amides is 1. The number of anilines is 1. The molecule has 0 aliphatic carbocycles. The number of ether oxygens (including phenoxy) is 2. The van der Waals surface area contributed by atoms with Gasteiger partial charge in [-0.05, 0) is 53.7 Å². The standard InChI is InChI=1S/C38H61N5O8/c1-25(2)33(42-31(45)15-18-50-20-21-51-19-17-43-32(46)23-29(35(43)48)38(6,7)8)30(44)22-27(10-9-16-40-36(39)49)34(47)41-28-13-11-26(12-14-28)24-37(3,4)5/h11-14,25,27,29,33H,9-10,15-24H2,1-8H3,(H,41,47)(H,42,45)(H3,39,40,49)/t27-,29?,33+/m1/s1. The second kappa shape index (κ2) is 20.3. The van der Waals surface area contributed by atoms with Crippen molar-refractivity contribution >= 4 is 41.1 Å². The quantitative estimate of drug-likeness (QED) is 0.108. The monoisotopic (exact) mass is 715 g/mol. The van der Waals surface area contributed by atoms with Gasteiger partial charge in [-0.2, -0.15) is 0 Å². The van der Waals surface area contributed by atoms with E-state index in [9.17, 15) is 28.8 Å². The molecule has 51 heavy (non-hydrogen) atoms. The number of carbonyl (C=O) groups excluding carboxylic acids is 6. The van der Waals surface area contributed by atoms with Gasteiger partial charge in [0, 0.05) is 37.4 Å². The predicted octanol–water partition coefficient (Wildman–Crippen LogP) is 4.22. The number of likely N-dealkylation sites (tertiary alicyclic amines) is 1. The summed E-state index contributed by atoms with van der Waals surface area (Å²) in [5, 5.41) is 8.24. The molecule has 0 saturated carbocycles. The number of nitrogens with zero attached hydrogens (tertiary/aromatic N) is 1. The molecule has 13 heteroatoms. The van der Waals surface area contributed by atoms with Crippen LogP contribution in [-0.4, -0.2) is 85.9 Å². The van der Waals surface area contributed by atoms with Crippen LogP contribution in [0.4, 0.5) is 10.5 Å². The van der Waals surface area contributed by atoms with Crippen LogP contribution in [0.2, 0.25) is 0 Å². The molecule has 0 bridgehead atoms. The predicted molar refractivity (Wildman–Crippen MR) is 195 cm³/mol. The van der Waals surface area contributed by atoms with Gasteiger partial charge >= 0.3 is 6.03 Å². The van der Waals surface area contributed by atoms with Gasteiger partial charge in [-0.15, -0.1) is 0 Å².